The highest BCUT2D eigenvalue weighted by atomic mass is 16.6. The van der Waals surface area contributed by atoms with E-state index in [1.54, 1.807) is 6.07 Å². The fourth-order valence-electron chi connectivity index (χ4n) is 2.72. The van der Waals surface area contributed by atoms with Gasteiger partial charge in [-0.2, -0.15) is 0 Å². The molecule has 1 aliphatic rings. The average molecular weight is 340 g/mol. The predicted octanol–water partition coefficient (Wildman–Crippen LogP) is 2.77. The Labute approximate surface area is 148 Å². The first-order chi connectivity index (χ1) is 12.0. The first kappa shape index (κ1) is 17.3. The lowest BCUT2D eigenvalue weighted by Crippen LogP contribution is -2.45. The van der Waals surface area contributed by atoms with Gasteiger partial charge in [0.1, 0.15) is 6.61 Å². The van der Waals surface area contributed by atoms with E-state index in [1.807, 2.05) is 30.3 Å². The number of hydrogen-bond donors (Lipinski definition) is 2. The van der Waals surface area contributed by atoms with Gasteiger partial charge in [0.25, 0.3) is 5.91 Å². The van der Waals surface area contributed by atoms with E-state index in [9.17, 15) is 4.79 Å². The third kappa shape index (κ3) is 4.12. The van der Waals surface area contributed by atoms with E-state index < -0.39 is 6.10 Å². The monoisotopic (exact) mass is 340 g/mol. The van der Waals surface area contributed by atoms with Crippen molar-refractivity contribution >= 4 is 5.91 Å². The van der Waals surface area contributed by atoms with Crippen molar-refractivity contribution < 1.29 is 14.3 Å². The van der Waals surface area contributed by atoms with Crippen LogP contribution in [0, 0.1) is 0 Å². The Morgan fingerprint density at radius 3 is 2.44 bits per heavy atom. The SMILES string of the molecule is CC(C)c1ccc(C(N)CNC(=O)C2COc3ccccc3O2)cc1. The third-order valence-electron chi connectivity index (χ3n) is 4.33. The summed E-state index contributed by atoms with van der Waals surface area (Å²) in [5, 5.41) is 2.85. The third-order valence-corrected chi connectivity index (χ3v) is 4.33. The van der Waals surface area contributed by atoms with E-state index in [2.05, 4.69) is 31.3 Å². The van der Waals surface area contributed by atoms with Crippen molar-refractivity contribution in [3.05, 3.63) is 59.7 Å². The van der Waals surface area contributed by atoms with Crippen LogP contribution in [-0.4, -0.2) is 25.2 Å². The average Bonchev–Trinajstić information content (AvgIpc) is 2.65. The van der Waals surface area contributed by atoms with Crippen LogP contribution >= 0.6 is 0 Å². The first-order valence-corrected chi connectivity index (χ1v) is 8.56. The van der Waals surface area contributed by atoms with Crippen LogP contribution in [-0.2, 0) is 4.79 Å². The van der Waals surface area contributed by atoms with Gasteiger partial charge in [0.05, 0.1) is 0 Å². The molecule has 25 heavy (non-hydrogen) atoms. The molecular weight excluding hydrogens is 316 g/mol. The Kier molecular flexibility index (Phi) is 5.24. The molecule has 0 aliphatic carbocycles. The van der Waals surface area contributed by atoms with Crippen LogP contribution < -0.4 is 20.5 Å². The second-order valence-corrected chi connectivity index (χ2v) is 6.54. The van der Waals surface area contributed by atoms with Crippen LogP contribution in [0.3, 0.4) is 0 Å². The molecule has 0 saturated carbocycles. The standard InChI is InChI=1S/C20H24N2O3/c1-13(2)14-7-9-15(10-8-14)16(21)11-22-20(23)19-12-24-17-5-3-4-6-18(17)25-19/h3-10,13,16,19H,11-12,21H2,1-2H3,(H,22,23). The van der Waals surface area contributed by atoms with Crippen molar-refractivity contribution in [3.63, 3.8) is 0 Å². The summed E-state index contributed by atoms with van der Waals surface area (Å²) in [6.45, 7) is 4.85. The zero-order valence-electron chi connectivity index (χ0n) is 14.6. The number of hydrogen-bond acceptors (Lipinski definition) is 4. The molecule has 2 aromatic rings. The molecule has 0 bridgehead atoms. The molecule has 0 radical (unpaired) electrons. The molecule has 1 aliphatic heterocycles. The number of carbonyl (C=O) groups excluding carboxylic acids is 1. The van der Waals surface area contributed by atoms with Crippen molar-refractivity contribution in [2.75, 3.05) is 13.2 Å². The second kappa shape index (κ2) is 7.57. The van der Waals surface area contributed by atoms with Crippen molar-refractivity contribution in [2.24, 2.45) is 5.73 Å². The smallest absolute Gasteiger partial charge is 0.264 e. The molecule has 1 heterocycles. The van der Waals surface area contributed by atoms with E-state index in [-0.39, 0.29) is 18.6 Å². The second-order valence-electron chi connectivity index (χ2n) is 6.54. The lowest BCUT2D eigenvalue weighted by atomic mass is 9.99. The number of fused-ring (bicyclic) bond motifs is 1. The Hall–Kier alpha value is -2.53. The predicted molar refractivity (Wildman–Crippen MR) is 96.8 cm³/mol. The van der Waals surface area contributed by atoms with Crippen molar-refractivity contribution in [2.45, 2.75) is 31.9 Å². The number of rotatable bonds is 5. The quantitative estimate of drug-likeness (QED) is 0.878. The summed E-state index contributed by atoms with van der Waals surface area (Å²) in [4.78, 5) is 12.3. The van der Waals surface area contributed by atoms with Crippen molar-refractivity contribution in [1.82, 2.24) is 5.32 Å². The van der Waals surface area contributed by atoms with Crippen LogP contribution in [0.4, 0.5) is 0 Å². The molecule has 2 atom stereocenters. The Morgan fingerprint density at radius 2 is 1.76 bits per heavy atom. The fraction of sp³-hybridized carbons (Fsp3) is 0.350. The number of para-hydroxylation sites is 2. The van der Waals surface area contributed by atoms with Crippen LogP contribution in [0.2, 0.25) is 0 Å². The number of ether oxygens (including phenoxy) is 2. The van der Waals surface area contributed by atoms with Crippen molar-refractivity contribution in [1.29, 1.82) is 0 Å². The Morgan fingerprint density at radius 1 is 1.12 bits per heavy atom. The molecule has 3 rings (SSSR count). The van der Waals surface area contributed by atoms with E-state index in [4.69, 9.17) is 15.2 Å². The molecule has 5 nitrogen and oxygen atoms in total. The zero-order chi connectivity index (χ0) is 17.8. The molecule has 5 heteroatoms. The summed E-state index contributed by atoms with van der Waals surface area (Å²) in [6.07, 6.45) is -0.662. The summed E-state index contributed by atoms with van der Waals surface area (Å²) < 4.78 is 11.3. The largest absolute Gasteiger partial charge is 0.485 e. The minimum atomic E-state index is -0.662. The highest BCUT2D eigenvalue weighted by molar-refractivity contribution is 5.81. The van der Waals surface area contributed by atoms with E-state index >= 15 is 0 Å². The van der Waals surface area contributed by atoms with Gasteiger partial charge in [-0.15, -0.1) is 0 Å². The van der Waals surface area contributed by atoms with Gasteiger partial charge >= 0.3 is 0 Å². The van der Waals surface area contributed by atoms with Gasteiger partial charge in [-0.05, 0) is 29.2 Å². The minimum Gasteiger partial charge on any atom is -0.485 e. The van der Waals surface area contributed by atoms with Crippen LogP contribution in [0.5, 0.6) is 11.5 Å². The molecule has 0 spiro atoms. The molecule has 0 aromatic heterocycles. The van der Waals surface area contributed by atoms with Crippen LogP contribution in [0.25, 0.3) is 0 Å². The van der Waals surface area contributed by atoms with Gasteiger partial charge in [0.15, 0.2) is 11.5 Å². The van der Waals surface area contributed by atoms with Gasteiger partial charge in [0.2, 0.25) is 6.10 Å². The van der Waals surface area contributed by atoms with Gasteiger partial charge < -0.3 is 20.5 Å². The Balaban J connectivity index is 1.53. The van der Waals surface area contributed by atoms with E-state index in [0.29, 0.717) is 24.0 Å². The van der Waals surface area contributed by atoms with E-state index in [1.165, 1.54) is 5.56 Å². The van der Waals surface area contributed by atoms with Crippen molar-refractivity contribution in [3.8, 4) is 11.5 Å². The minimum absolute atomic E-state index is 0.196. The molecule has 2 unspecified atom stereocenters. The maximum Gasteiger partial charge on any atom is 0.264 e. The number of nitrogens with two attached hydrogens (primary N) is 1. The number of carbonyl (C=O) groups is 1. The molecule has 132 valence electrons. The highest BCUT2D eigenvalue weighted by Crippen LogP contribution is 2.30. The number of benzene rings is 2. The van der Waals surface area contributed by atoms with Gasteiger partial charge in [0, 0.05) is 12.6 Å². The maximum absolute atomic E-state index is 12.3. The maximum atomic E-state index is 12.3. The number of amides is 1. The van der Waals surface area contributed by atoms with Crippen LogP contribution in [0.15, 0.2) is 48.5 Å². The molecule has 0 saturated heterocycles. The molecule has 0 fully saturated rings. The summed E-state index contributed by atoms with van der Waals surface area (Å²) in [5.74, 6) is 1.51. The lowest BCUT2D eigenvalue weighted by Gasteiger charge is -2.26. The normalized spacial score (nSPS) is 17.2. The molecule has 2 aromatic carbocycles. The first-order valence-electron chi connectivity index (χ1n) is 8.56. The van der Waals surface area contributed by atoms with Gasteiger partial charge in [-0.3, -0.25) is 4.79 Å². The number of nitrogens with one attached hydrogen (secondary N) is 1. The fourth-order valence-corrected chi connectivity index (χ4v) is 2.72. The van der Waals surface area contributed by atoms with Crippen LogP contribution in [0.1, 0.15) is 36.9 Å². The highest BCUT2D eigenvalue weighted by Gasteiger charge is 2.27. The summed E-state index contributed by atoms with van der Waals surface area (Å²) >= 11 is 0. The van der Waals surface area contributed by atoms with Gasteiger partial charge in [-0.1, -0.05) is 50.2 Å². The Bertz CT molecular complexity index is 728. The summed E-state index contributed by atoms with van der Waals surface area (Å²) in [6, 6.07) is 15.3. The summed E-state index contributed by atoms with van der Waals surface area (Å²) in [5.41, 5.74) is 8.45. The summed E-state index contributed by atoms with van der Waals surface area (Å²) in [7, 11) is 0. The topological polar surface area (TPSA) is 73.6 Å². The zero-order valence-corrected chi connectivity index (χ0v) is 14.6. The molecule has 3 N–H and O–H groups in total. The van der Waals surface area contributed by atoms with E-state index in [0.717, 1.165) is 5.56 Å². The lowest BCUT2D eigenvalue weighted by molar-refractivity contribution is -0.130. The molecule has 1 amide bonds. The molecular formula is C20H24N2O3. The van der Waals surface area contributed by atoms with Gasteiger partial charge in [-0.25, -0.2) is 0 Å².